The summed E-state index contributed by atoms with van der Waals surface area (Å²) in [5.41, 5.74) is 3.59. The summed E-state index contributed by atoms with van der Waals surface area (Å²) in [6.07, 6.45) is 0.776. The van der Waals surface area contributed by atoms with E-state index in [-0.39, 0.29) is 0 Å². The molecule has 0 aliphatic carbocycles. The highest BCUT2D eigenvalue weighted by Crippen LogP contribution is 2.21. The molecule has 0 spiro atoms. The lowest BCUT2D eigenvalue weighted by Gasteiger charge is -2.05. The fourth-order valence-corrected chi connectivity index (χ4v) is 1.75. The number of hydrogen-bond donors (Lipinski definition) is 1. The number of rotatable bonds is 3. The van der Waals surface area contributed by atoms with Gasteiger partial charge in [0.25, 0.3) is 0 Å². The molecule has 0 fully saturated rings. The molecular weight excluding hydrogens is 212 g/mol. The van der Waals surface area contributed by atoms with Gasteiger partial charge in [-0.2, -0.15) is 0 Å². The Morgan fingerprint density at radius 3 is 2.35 bits per heavy atom. The van der Waals surface area contributed by atoms with Gasteiger partial charge in [-0.3, -0.25) is 4.79 Å². The highest BCUT2D eigenvalue weighted by Gasteiger charge is 2.07. The van der Waals surface area contributed by atoms with Crippen LogP contribution < -0.4 is 0 Å². The molecule has 3 nitrogen and oxygen atoms in total. The zero-order valence-corrected chi connectivity index (χ0v) is 10.3. The minimum Gasteiger partial charge on any atom is -0.341 e. The third kappa shape index (κ3) is 2.28. The van der Waals surface area contributed by atoms with Gasteiger partial charge in [-0.15, -0.1) is 0 Å². The molecule has 1 N–H and O–H groups in total. The maximum Gasteiger partial charge on any atom is 0.170 e. The molecule has 0 atom stereocenters. The van der Waals surface area contributed by atoms with E-state index in [1.807, 2.05) is 19.1 Å². The first kappa shape index (κ1) is 11.6. The Kier molecular flexibility index (Phi) is 3.09. The topological polar surface area (TPSA) is 45.8 Å². The van der Waals surface area contributed by atoms with E-state index in [2.05, 4.69) is 35.9 Å². The first-order chi connectivity index (χ1) is 8.11. The third-order valence-electron chi connectivity index (χ3n) is 2.88. The molecule has 0 saturated carbocycles. The Bertz CT molecular complexity index is 524. The van der Waals surface area contributed by atoms with Gasteiger partial charge < -0.3 is 4.98 Å². The number of aryl methyl sites for hydroxylation is 1. The molecule has 0 amide bonds. The molecular formula is C14H16N2O. The first-order valence-electron chi connectivity index (χ1n) is 5.74. The van der Waals surface area contributed by atoms with Crippen LogP contribution in [0.15, 0.2) is 24.3 Å². The number of nitrogens with one attached hydrogen (secondary N) is 1. The van der Waals surface area contributed by atoms with Crippen molar-refractivity contribution in [3.63, 3.8) is 0 Å². The predicted molar refractivity (Wildman–Crippen MR) is 68.2 cm³/mol. The summed E-state index contributed by atoms with van der Waals surface area (Å²) in [5, 5.41) is 0. The highest BCUT2D eigenvalue weighted by molar-refractivity contribution is 5.75. The standard InChI is InChI=1S/C14H16N2O/c1-9(2)11-4-6-12(7-5-11)14-15-10(3)13(8-17)16-14/h4-9H,1-3H3,(H,15,16). The summed E-state index contributed by atoms with van der Waals surface area (Å²) < 4.78 is 0. The number of hydrogen-bond acceptors (Lipinski definition) is 2. The van der Waals surface area contributed by atoms with Crippen molar-refractivity contribution < 1.29 is 4.79 Å². The molecule has 3 heteroatoms. The average Bonchev–Trinajstić information content (AvgIpc) is 2.70. The van der Waals surface area contributed by atoms with Crippen molar-refractivity contribution in [2.24, 2.45) is 0 Å². The van der Waals surface area contributed by atoms with Crippen molar-refractivity contribution >= 4 is 6.29 Å². The number of carbonyl (C=O) groups excluding carboxylic acids is 1. The van der Waals surface area contributed by atoms with Gasteiger partial charge in [0, 0.05) is 11.3 Å². The van der Waals surface area contributed by atoms with Crippen LogP contribution in [0.1, 0.15) is 41.5 Å². The lowest BCUT2D eigenvalue weighted by molar-refractivity contribution is 0.111. The van der Waals surface area contributed by atoms with E-state index in [1.54, 1.807) is 0 Å². The number of carbonyl (C=O) groups is 1. The molecule has 0 bridgehead atoms. The molecule has 0 aliphatic rings. The van der Waals surface area contributed by atoms with Crippen molar-refractivity contribution in [1.82, 2.24) is 9.97 Å². The van der Waals surface area contributed by atoms with Gasteiger partial charge in [0.2, 0.25) is 0 Å². The van der Waals surface area contributed by atoms with E-state index in [0.29, 0.717) is 11.6 Å². The smallest absolute Gasteiger partial charge is 0.170 e. The maximum absolute atomic E-state index is 10.7. The van der Waals surface area contributed by atoms with E-state index in [4.69, 9.17) is 0 Å². The van der Waals surface area contributed by atoms with Crippen LogP contribution in [0.4, 0.5) is 0 Å². The Morgan fingerprint density at radius 2 is 1.88 bits per heavy atom. The number of H-pyrrole nitrogens is 1. The van der Waals surface area contributed by atoms with Crippen LogP contribution in [-0.2, 0) is 0 Å². The summed E-state index contributed by atoms with van der Waals surface area (Å²) in [4.78, 5) is 18.1. The van der Waals surface area contributed by atoms with Crippen LogP contribution in [-0.4, -0.2) is 16.3 Å². The zero-order valence-electron chi connectivity index (χ0n) is 10.3. The SMILES string of the molecule is Cc1[nH]c(-c2ccc(C(C)C)cc2)nc1C=O. The van der Waals surface area contributed by atoms with E-state index in [9.17, 15) is 4.79 Å². The lowest BCUT2D eigenvalue weighted by atomic mass is 10.0. The largest absolute Gasteiger partial charge is 0.341 e. The van der Waals surface area contributed by atoms with Crippen molar-refractivity contribution in [2.75, 3.05) is 0 Å². The normalized spacial score (nSPS) is 10.8. The quantitative estimate of drug-likeness (QED) is 0.819. The molecule has 2 aromatic rings. The Hall–Kier alpha value is -1.90. The minimum absolute atomic E-state index is 0.480. The van der Waals surface area contributed by atoms with Crippen LogP contribution in [0, 0.1) is 6.92 Å². The fourth-order valence-electron chi connectivity index (χ4n) is 1.75. The fraction of sp³-hybridized carbons (Fsp3) is 0.286. The third-order valence-corrected chi connectivity index (χ3v) is 2.88. The second kappa shape index (κ2) is 4.53. The summed E-state index contributed by atoms with van der Waals surface area (Å²) in [6.45, 7) is 6.18. The average molecular weight is 228 g/mol. The molecule has 88 valence electrons. The minimum atomic E-state index is 0.480. The van der Waals surface area contributed by atoms with Crippen molar-refractivity contribution in [3.8, 4) is 11.4 Å². The van der Waals surface area contributed by atoms with Gasteiger partial charge in [-0.1, -0.05) is 38.1 Å². The Morgan fingerprint density at radius 1 is 1.24 bits per heavy atom. The number of benzene rings is 1. The Labute approximate surface area is 101 Å². The number of imidazole rings is 1. The van der Waals surface area contributed by atoms with E-state index >= 15 is 0 Å². The summed E-state index contributed by atoms with van der Waals surface area (Å²) in [7, 11) is 0. The highest BCUT2D eigenvalue weighted by atomic mass is 16.1. The van der Waals surface area contributed by atoms with Crippen LogP contribution in [0.2, 0.25) is 0 Å². The van der Waals surface area contributed by atoms with Crippen molar-refractivity contribution in [2.45, 2.75) is 26.7 Å². The van der Waals surface area contributed by atoms with Gasteiger partial charge in [0.1, 0.15) is 11.5 Å². The van der Waals surface area contributed by atoms with E-state index in [1.165, 1.54) is 5.56 Å². The van der Waals surface area contributed by atoms with Crippen molar-refractivity contribution in [1.29, 1.82) is 0 Å². The molecule has 0 unspecified atom stereocenters. The number of nitrogens with zero attached hydrogens (tertiary/aromatic N) is 1. The summed E-state index contributed by atoms with van der Waals surface area (Å²) >= 11 is 0. The molecule has 1 aromatic carbocycles. The van der Waals surface area contributed by atoms with Crippen molar-refractivity contribution in [3.05, 3.63) is 41.2 Å². The van der Waals surface area contributed by atoms with Gasteiger partial charge >= 0.3 is 0 Å². The first-order valence-corrected chi connectivity index (χ1v) is 5.74. The second-order valence-corrected chi connectivity index (χ2v) is 4.49. The monoisotopic (exact) mass is 228 g/mol. The predicted octanol–water partition coefficient (Wildman–Crippen LogP) is 3.32. The molecule has 0 radical (unpaired) electrons. The van der Waals surface area contributed by atoms with Gasteiger partial charge in [0.05, 0.1) is 0 Å². The van der Waals surface area contributed by atoms with Gasteiger partial charge in [-0.25, -0.2) is 4.98 Å². The number of aromatic nitrogens is 2. The van der Waals surface area contributed by atoms with Gasteiger partial charge in [-0.05, 0) is 18.4 Å². The van der Waals surface area contributed by atoms with E-state index < -0.39 is 0 Å². The molecule has 0 saturated heterocycles. The number of aromatic amines is 1. The second-order valence-electron chi connectivity index (χ2n) is 4.49. The van der Waals surface area contributed by atoms with Crippen LogP contribution in [0.25, 0.3) is 11.4 Å². The van der Waals surface area contributed by atoms with Crippen LogP contribution in [0.3, 0.4) is 0 Å². The Balaban J connectivity index is 2.36. The maximum atomic E-state index is 10.7. The van der Waals surface area contributed by atoms with Crippen LogP contribution in [0.5, 0.6) is 0 Å². The van der Waals surface area contributed by atoms with Gasteiger partial charge in [0.15, 0.2) is 6.29 Å². The lowest BCUT2D eigenvalue weighted by Crippen LogP contribution is -1.87. The van der Waals surface area contributed by atoms with E-state index in [0.717, 1.165) is 23.4 Å². The molecule has 1 aromatic heterocycles. The number of aldehydes is 1. The van der Waals surface area contributed by atoms with Crippen LogP contribution >= 0.6 is 0 Å². The molecule has 17 heavy (non-hydrogen) atoms. The summed E-state index contributed by atoms with van der Waals surface area (Å²) in [5.74, 6) is 1.27. The molecule has 0 aliphatic heterocycles. The molecule has 1 heterocycles. The molecule has 2 rings (SSSR count). The zero-order chi connectivity index (χ0) is 12.4. The summed E-state index contributed by atoms with van der Waals surface area (Å²) in [6, 6.07) is 8.25.